The molecule has 5 nitrogen and oxygen atoms in total. The number of rotatable bonds is 1. The van der Waals surface area contributed by atoms with Crippen LogP contribution in [0.5, 0.6) is 0 Å². The summed E-state index contributed by atoms with van der Waals surface area (Å²) in [5.41, 5.74) is 0.756. The lowest BCUT2D eigenvalue weighted by Gasteiger charge is -2.38. The largest absolute Gasteiger partial charge is 0.333 e. The Labute approximate surface area is 132 Å². The SMILES string of the molecule is N#Cc1cncc2c1S[C@H]1C[C@@H]2N(C(=O)C2(C#N)CCC2)C1. The quantitative estimate of drug-likeness (QED) is 0.795. The van der Waals surface area contributed by atoms with E-state index in [1.165, 1.54) is 0 Å². The maximum Gasteiger partial charge on any atom is 0.243 e. The highest BCUT2D eigenvalue weighted by Gasteiger charge is 2.52. The summed E-state index contributed by atoms with van der Waals surface area (Å²) in [5, 5.41) is 19.0. The van der Waals surface area contributed by atoms with E-state index in [1.807, 2.05) is 4.90 Å². The van der Waals surface area contributed by atoms with E-state index in [1.54, 1.807) is 24.2 Å². The molecule has 1 aromatic heterocycles. The molecule has 0 aromatic carbocycles. The van der Waals surface area contributed by atoms with Gasteiger partial charge in [0.2, 0.25) is 5.91 Å². The van der Waals surface area contributed by atoms with Crippen LogP contribution < -0.4 is 0 Å². The smallest absolute Gasteiger partial charge is 0.243 e. The van der Waals surface area contributed by atoms with Crippen LogP contribution in [0.3, 0.4) is 0 Å². The average molecular weight is 310 g/mol. The third kappa shape index (κ3) is 1.71. The van der Waals surface area contributed by atoms with Crippen molar-refractivity contribution in [3.63, 3.8) is 0 Å². The molecule has 1 saturated heterocycles. The highest BCUT2D eigenvalue weighted by Crippen LogP contribution is 2.52. The minimum absolute atomic E-state index is 0.0236. The number of nitrogens with zero attached hydrogens (tertiary/aromatic N) is 4. The van der Waals surface area contributed by atoms with Crippen molar-refractivity contribution in [1.29, 1.82) is 10.5 Å². The molecule has 1 aliphatic carbocycles. The first-order valence-electron chi connectivity index (χ1n) is 7.45. The van der Waals surface area contributed by atoms with Crippen LogP contribution in [-0.4, -0.2) is 27.6 Å². The Morgan fingerprint density at radius 1 is 1.41 bits per heavy atom. The number of hydrogen-bond donors (Lipinski definition) is 0. The number of carbonyl (C=O) groups excluding carboxylic acids is 1. The lowest BCUT2D eigenvalue weighted by Crippen LogP contribution is -2.47. The van der Waals surface area contributed by atoms with Gasteiger partial charge in [-0.15, -0.1) is 11.8 Å². The zero-order valence-electron chi connectivity index (χ0n) is 12.0. The van der Waals surface area contributed by atoms with Crippen LogP contribution in [0.15, 0.2) is 17.3 Å². The number of fused-ring (bicyclic) bond motifs is 4. The molecule has 3 aliphatic rings. The zero-order chi connectivity index (χ0) is 15.3. The summed E-state index contributed by atoms with van der Waals surface area (Å²) in [4.78, 5) is 19.9. The molecule has 22 heavy (non-hydrogen) atoms. The first kappa shape index (κ1) is 13.6. The van der Waals surface area contributed by atoms with Crippen molar-refractivity contribution < 1.29 is 4.79 Å². The molecule has 2 atom stereocenters. The Morgan fingerprint density at radius 3 is 2.86 bits per heavy atom. The first-order chi connectivity index (χ1) is 10.7. The van der Waals surface area contributed by atoms with Crippen molar-refractivity contribution in [1.82, 2.24) is 9.88 Å². The van der Waals surface area contributed by atoms with Crippen LogP contribution >= 0.6 is 11.8 Å². The van der Waals surface area contributed by atoms with Gasteiger partial charge in [0.05, 0.1) is 17.7 Å². The van der Waals surface area contributed by atoms with Crippen molar-refractivity contribution in [3.05, 3.63) is 23.5 Å². The molecular formula is C16H14N4OS. The van der Waals surface area contributed by atoms with Gasteiger partial charge in [-0.3, -0.25) is 9.78 Å². The van der Waals surface area contributed by atoms with Crippen molar-refractivity contribution in [2.75, 3.05) is 6.54 Å². The van der Waals surface area contributed by atoms with Gasteiger partial charge >= 0.3 is 0 Å². The number of likely N-dealkylation sites (tertiary alicyclic amines) is 1. The van der Waals surface area contributed by atoms with E-state index in [0.717, 1.165) is 23.3 Å². The maximum atomic E-state index is 12.9. The van der Waals surface area contributed by atoms with E-state index in [4.69, 9.17) is 0 Å². The first-order valence-corrected chi connectivity index (χ1v) is 8.33. The van der Waals surface area contributed by atoms with Gasteiger partial charge in [-0.2, -0.15) is 10.5 Å². The van der Waals surface area contributed by atoms with E-state index < -0.39 is 5.41 Å². The van der Waals surface area contributed by atoms with Crippen molar-refractivity contribution in [2.45, 2.75) is 41.9 Å². The number of pyridine rings is 1. The summed E-state index contributed by atoms with van der Waals surface area (Å²) >= 11 is 1.68. The van der Waals surface area contributed by atoms with Crippen molar-refractivity contribution >= 4 is 17.7 Å². The number of hydrogen-bond acceptors (Lipinski definition) is 5. The number of amides is 1. The second kappa shape index (κ2) is 4.72. The Hall–Kier alpha value is -2.05. The fourth-order valence-corrected chi connectivity index (χ4v) is 5.06. The summed E-state index contributed by atoms with van der Waals surface area (Å²) in [7, 11) is 0. The van der Waals surface area contributed by atoms with Gasteiger partial charge in [-0.25, -0.2) is 0 Å². The molecule has 0 spiro atoms. The standard InChI is InChI=1S/C16H14N4OS/c17-5-10-6-19-7-12-13-4-11(22-14(10)12)8-20(13)15(21)16(9-18)2-1-3-16/h6-7,11,13H,1-4,8H2/t11-,13-/m0/s1. The summed E-state index contributed by atoms with van der Waals surface area (Å²) in [6.45, 7) is 0.664. The number of aromatic nitrogens is 1. The van der Waals surface area contributed by atoms with Crippen LogP contribution in [-0.2, 0) is 4.79 Å². The van der Waals surface area contributed by atoms with Crippen molar-refractivity contribution in [3.8, 4) is 12.1 Å². The summed E-state index contributed by atoms with van der Waals surface area (Å²) < 4.78 is 0. The molecule has 1 saturated carbocycles. The van der Waals surface area contributed by atoms with E-state index in [2.05, 4.69) is 17.1 Å². The molecule has 1 aromatic rings. The molecule has 2 fully saturated rings. The Morgan fingerprint density at radius 2 is 2.23 bits per heavy atom. The fourth-order valence-electron chi connectivity index (χ4n) is 3.66. The molecule has 2 aliphatic heterocycles. The highest BCUT2D eigenvalue weighted by atomic mass is 32.2. The molecule has 4 rings (SSSR count). The van der Waals surface area contributed by atoms with E-state index in [9.17, 15) is 15.3 Å². The number of nitriles is 2. The molecular weight excluding hydrogens is 296 g/mol. The van der Waals surface area contributed by atoms with Gasteiger partial charge in [0.15, 0.2) is 0 Å². The van der Waals surface area contributed by atoms with Crippen LogP contribution in [0.25, 0.3) is 0 Å². The highest BCUT2D eigenvalue weighted by molar-refractivity contribution is 8.00. The predicted molar refractivity (Wildman–Crippen MR) is 79.6 cm³/mol. The molecule has 3 heterocycles. The minimum Gasteiger partial charge on any atom is -0.333 e. The Bertz CT molecular complexity index is 743. The van der Waals surface area contributed by atoms with Gasteiger partial charge in [0.1, 0.15) is 11.5 Å². The number of carbonyl (C=O) groups is 1. The van der Waals surface area contributed by atoms with Crippen LogP contribution in [0.1, 0.15) is 42.9 Å². The number of thioether (sulfide) groups is 1. The van der Waals surface area contributed by atoms with Gasteiger partial charge in [-0.05, 0) is 25.7 Å². The molecule has 0 unspecified atom stereocenters. The monoisotopic (exact) mass is 310 g/mol. The summed E-state index contributed by atoms with van der Waals surface area (Å²) in [6.07, 6.45) is 6.55. The third-order valence-electron chi connectivity index (χ3n) is 5.04. The Kier molecular flexibility index (Phi) is 2.92. The normalized spacial score (nSPS) is 27.3. The fraction of sp³-hybridized carbons (Fsp3) is 0.500. The third-order valence-corrected chi connectivity index (χ3v) is 6.41. The van der Waals surface area contributed by atoms with Gasteiger partial charge in [0.25, 0.3) is 0 Å². The van der Waals surface area contributed by atoms with Crippen LogP contribution in [0.4, 0.5) is 0 Å². The summed E-state index contributed by atoms with van der Waals surface area (Å²) in [5.74, 6) is -0.0236. The zero-order valence-corrected chi connectivity index (χ0v) is 12.8. The molecule has 0 radical (unpaired) electrons. The summed E-state index contributed by atoms with van der Waals surface area (Å²) in [6, 6.07) is 4.42. The molecule has 2 bridgehead atoms. The second-order valence-corrected chi connectivity index (χ2v) is 7.52. The Balaban J connectivity index is 1.72. The molecule has 1 amide bonds. The van der Waals surface area contributed by atoms with Crippen LogP contribution in [0, 0.1) is 28.1 Å². The van der Waals surface area contributed by atoms with Gasteiger partial charge < -0.3 is 4.90 Å². The molecule has 0 N–H and O–H groups in total. The average Bonchev–Trinajstić information content (AvgIpc) is 2.84. The maximum absolute atomic E-state index is 12.9. The van der Waals surface area contributed by atoms with E-state index in [0.29, 0.717) is 30.2 Å². The van der Waals surface area contributed by atoms with Crippen LogP contribution in [0.2, 0.25) is 0 Å². The van der Waals surface area contributed by atoms with E-state index >= 15 is 0 Å². The van der Waals surface area contributed by atoms with Gasteiger partial charge in [0, 0.05) is 34.6 Å². The molecule has 110 valence electrons. The predicted octanol–water partition coefficient (Wildman–Crippen LogP) is 2.39. The van der Waals surface area contributed by atoms with E-state index in [-0.39, 0.29) is 11.9 Å². The lowest BCUT2D eigenvalue weighted by atomic mass is 9.69. The lowest BCUT2D eigenvalue weighted by molar-refractivity contribution is -0.144. The van der Waals surface area contributed by atoms with Gasteiger partial charge in [-0.1, -0.05) is 0 Å². The minimum atomic E-state index is -0.803. The second-order valence-electron chi connectivity index (χ2n) is 6.21. The molecule has 6 heteroatoms. The topological polar surface area (TPSA) is 80.8 Å². The van der Waals surface area contributed by atoms with Crippen molar-refractivity contribution in [2.24, 2.45) is 5.41 Å².